The molecule has 1 amide bonds. The van der Waals surface area contributed by atoms with E-state index in [1.807, 2.05) is 19.1 Å². The number of hydrogen-bond acceptors (Lipinski definition) is 6. The van der Waals surface area contributed by atoms with Crippen molar-refractivity contribution in [3.05, 3.63) is 69.2 Å². The Hall–Kier alpha value is -2.49. The average molecular weight is 406 g/mol. The highest BCUT2D eigenvalue weighted by Crippen LogP contribution is 2.20. The molecule has 9 heteroatoms. The monoisotopic (exact) mass is 405 g/mol. The zero-order valence-electron chi connectivity index (χ0n) is 13.7. The van der Waals surface area contributed by atoms with Crippen LogP contribution in [0.15, 0.2) is 63.2 Å². The van der Waals surface area contributed by atoms with Gasteiger partial charge in [0.15, 0.2) is 0 Å². The van der Waals surface area contributed by atoms with E-state index in [0.717, 1.165) is 16.2 Å². The third-order valence-corrected chi connectivity index (χ3v) is 6.99. The van der Waals surface area contributed by atoms with Crippen molar-refractivity contribution in [2.45, 2.75) is 11.1 Å². The number of anilines is 1. The first-order valence-electron chi connectivity index (χ1n) is 7.50. The van der Waals surface area contributed by atoms with Crippen LogP contribution in [0.4, 0.5) is 5.69 Å². The van der Waals surface area contributed by atoms with Gasteiger partial charge in [0.1, 0.15) is 4.21 Å². The van der Waals surface area contributed by atoms with Gasteiger partial charge < -0.3 is 0 Å². The molecule has 3 aromatic rings. The SMILES string of the molecule is Cc1ccc(/C=N\NC(=O)c2ccc(NS(=O)(=O)c3cccs3)cc2)s1. The van der Waals surface area contributed by atoms with Gasteiger partial charge in [-0.2, -0.15) is 5.10 Å². The summed E-state index contributed by atoms with van der Waals surface area (Å²) in [5.41, 5.74) is 3.21. The van der Waals surface area contributed by atoms with Gasteiger partial charge in [-0.3, -0.25) is 9.52 Å². The number of aryl methyl sites for hydroxylation is 1. The molecule has 0 bridgehead atoms. The number of nitrogens with one attached hydrogen (secondary N) is 2. The van der Waals surface area contributed by atoms with Crippen molar-refractivity contribution >= 4 is 50.5 Å². The summed E-state index contributed by atoms with van der Waals surface area (Å²) >= 11 is 2.71. The third-order valence-electron chi connectivity index (χ3n) is 3.28. The van der Waals surface area contributed by atoms with Crippen LogP contribution in [-0.4, -0.2) is 20.5 Å². The number of benzene rings is 1. The number of rotatable bonds is 6. The lowest BCUT2D eigenvalue weighted by Crippen LogP contribution is -2.17. The minimum absolute atomic E-state index is 0.234. The van der Waals surface area contributed by atoms with Gasteiger partial charge in [0.25, 0.3) is 15.9 Å². The third kappa shape index (κ3) is 4.57. The Morgan fingerprint density at radius 2 is 1.88 bits per heavy atom. The van der Waals surface area contributed by atoms with Gasteiger partial charge in [0.2, 0.25) is 0 Å². The summed E-state index contributed by atoms with van der Waals surface area (Å²) in [5, 5.41) is 5.62. The van der Waals surface area contributed by atoms with Gasteiger partial charge in [0, 0.05) is 21.0 Å². The summed E-state index contributed by atoms with van der Waals surface area (Å²) in [6.07, 6.45) is 1.58. The van der Waals surface area contributed by atoms with E-state index in [4.69, 9.17) is 0 Å². The van der Waals surface area contributed by atoms with E-state index in [-0.39, 0.29) is 10.1 Å². The molecule has 1 aromatic carbocycles. The predicted octanol–water partition coefficient (Wildman–Crippen LogP) is 3.68. The normalized spacial score (nSPS) is 11.6. The fourth-order valence-electron chi connectivity index (χ4n) is 2.05. The highest BCUT2D eigenvalue weighted by molar-refractivity contribution is 7.94. The van der Waals surface area contributed by atoms with Gasteiger partial charge in [-0.15, -0.1) is 22.7 Å². The lowest BCUT2D eigenvalue weighted by atomic mass is 10.2. The number of nitrogens with zero attached hydrogens (tertiary/aromatic N) is 1. The maximum atomic E-state index is 12.2. The molecule has 0 saturated carbocycles. The number of thiophene rings is 2. The molecule has 0 fully saturated rings. The van der Waals surface area contributed by atoms with E-state index in [1.54, 1.807) is 29.0 Å². The van der Waals surface area contributed by atoms with Crippen LogP contribution in [0.2, 0.25) is 0 Å². The molecular weight excluding hydrogens is 390 g/mol. The maximum Gasteiger partial charge on any atom is 0.271 e. The highest BCUT2D eigenvalue weighted by Gasteiger charge is 2.15. The molecule has 0 aliphatic rings. The van der Waals surface area contributed by atoms with E-state index in [2.05, 4.69) is 15.2 Å². The lowest BCUT2D eigenvalue weighted by Gasteiger charge is -2.07. The van der Waals surface area contributed by atoms with E-state index in [0.29, 0.717) is 11.3 Å². The standard InChI is InChI=1S/C17H15N3O3S3/c1-12-4-9-15(25-12)11-18-19-17(21)13-5-7-14(8-6-13)20-26(22,23)16-3-2-10-24-16/h2-11,20H,1H3,(H,19,21)/b18-11-. The number of carbonyl (C=O) groups excluding carboxylic acids is 1. The van der Waals surface area contributed by atoms with Crippen LogP contribution in [0.25, 0.3) is 0 Å². The molecule has 0 spiro atoms. The first-order valence-corrected chi connectivity index (χ1v) is 10.7. The number of carbonyl (C=O) groups is 1. The van der Waals surface area contributed by atoms with Crippen molar-refractivity contribution < 1.29 is 13.2 Å². The van der Waals surface area contributed by atoms with Crippen molar-refractivity contribution in [2.24, 2.45) is 5.10 Å². The second-order valence-corrected chi connectivity index (χ2v) is 9.44. The summed E-state index contributed by atoms with van der Waals surface area (Å²) in [6, 6.07) is 13.2. The van der Waals surface area contributed by atoms with E-state index >= 15 is 0 Å². The molecule has 0 aliphatic heterocycles. The summed E-state index contributed by atoms with van der Waals surface area (Å²) in [4.78, 5) is 14.2. The molecule has 6 nitrogen and oxygen atoms in total. The molecule has 134 valence electrons. The molecule has 26 heavy (non-hydrogen) atoms. The van der Waals surface area contributed by atoms with E-state index in [1.165, 1.54) is 35.2 Å². The summed E-state index contributed by atoms with van der Waals surface area (Å²) in [5.74, 6) is -0.373. The zero-order valence-corrected chi connectivity index (χ0v) is 16.1. The minimum Gasteiger partial charge on any atom is -0.279 e. The first-order chi connectivity index (χ1) is 12.4. The molecule has 2 aromatic heterocycles. The first kappa shape index (κ1) is 18.3. The number of sulfonamides is 1. The van der Waals surface area contributed by atoms with E-state index < -0.39 is 10.0 Å². The quantitative estimate of drug-likeness (QED) is 0.484. The van der Waals surface area contributed by atoms with Crippen LogP contribution >= 0.6 is 22.7 Å². The van der Waals surface area contributed by atoms with Crippen LogP contribution in [0.1, 0.15) is 20.1 Å². The molecule has 0 saturated heterocycles. The Labute approximate surface area is 159 Å². The number of hydrogen-bond donors (Lipinski definition) is 2. The van der Waals surface area contributed by atoms with Crippen LogP contribution < -0.4 is 10.1 Å². The molecular formula is C17H15N3O3S3. The molecule has 2 heterocycles. The smallest absolute Gasteiger partial charge is 0.271 e. The largest absolute Gasteiger partial charge is 0.279 e. The highest BCUT2D eigenvalue weighted by atomic mass is 32.2. The number of hydrazone groups is 1. The summed E-state index contributed by atoms with van der Waals surface area (Å²) in [6.45, 7) is 1.99. The molecule has 2 N–H and O–H groups in total. The summed E-state index contributed by atoms with van der Waals surface area (Å²) in [7, 11) is -3.60. The molecule has 0 aliphatic carbocycles. The van der Waals surface area contributed by atoms with Gasteiger partial charge >= 0.3 is 0 Å². The van der Waals surface area contributed by atoms with Crippen molar-refractivity contribution in [3.63, 3.8) is 0 Å². The van der Waals surface area contributed by atoms with Gasteiger partial charge in [-0.25, -0.2) is 13.8 Å². The van der Waals surface area contributed by atoms with Crippen LogP contribution in [-0.2, 0) is 10.0 Å². The Kier molecular flexibility index (Phi) is 5.50. The molecule has 0 unspecified atom stereocenters. The fourth-order valence-corrected chi connectivity index (χ4v) is 4.85. The second-order valence-electron chi connectivity index (χ2n) is 5.26. The maximum absolute atomic E-state index is 12.2. The van der Waals surface area contributed by atoms with Crippen molar-refractivity contribution in [1.29, 1.82) is 0 Å². The Bertz CT molecular complexity index is 1020. The molecule has 0 radical (unpaired) electrons. The van der Waals surface area contributed by atoms with Crippen molar-refractivity contribution in [2.75, 3.05) is 4.72 Å². The topological polar surface area (TPSA) is 87.6 Å². The van der Waals surface area contributed by atoms with Crippen LogP contribution in [0.3, 0.4) is 0 Å². The average Bonchev–Trinajstić information content (AvgIpc) is 3.27. The summed E-state index contributed by atoms with van der Waals surface area (Å²) < 4.78 is 27.0. The van der Waals surface area contributed by atoms with Crippen molar-refractivity contribution in [3.8, 4) is 0 Å². The van der Waals surface area contributed by atoms with Gasteiger partial charge in [0.05, 0.1) is 6.21 Å². The molecule has 3 rings (SSSR count). The van der Waals surface area contributed by atoms with Crippen molar-refractivity contribution in [1.82, 2.24) is 5.43 Å². The lowest BCUT2D eigenvalue weighted by molar-refractivity contribution is 0.0955. The Balaban J connectivity index is 1.62. The van der Waals surface area contributed by atoms with Gasteiger partial charge in [-0.05, 0) is 54.8 Å². The van der Waals surface area contributed by atoms with E-state index in [9.17, 15) is 13.2 Å². The Morgan fingerprint density at radius 3 is 2.50 bits per heavy atom. The van der Waals surface area contributed by atoms with Crippen LogP contribution in [0, 0.1) is 6.92 Å². The second kappa shape index (κ2) is 7.81. The fraction of sp³-hybridized carbons (Fsp3) is 0.0588. The predicted molar refractivity (Wildman–Crippen MR) is 106 cm³/mol. The zero-order chi connectivity index (χ0) is 18.6. The van der Waals surface area contributed by atoms with Crippen LogP contribution in [0.5, 0.6) is 0 Å². The Morgan fingerprint density at radius 1 is 1.12 bits per heavy atom. The molecule has 0 atom stereocenters. The van der Waals surface area contributed by atoms with Gasteiger partial charge in [-0.1, -0.05) is 6.07 Å². The minimum atomic E-state index is -3.60. The number of amides is 1.